The molecule has 0 unspecified atom stereocenters. The highest BCUT2D eigenvalue weighted by molar-refractivity contribution is 6.40. The molecule has 2 aromatic carbocycles. The third kappa shape index (κ3) is 4.38. The number of hydrazone groups is 1. The van der Waals surface area contributed by atoms with Crippen molar-refractivity contribution in [3.63, 3.8) is 0 Å². The highest BCUT2D eigenvalue weighted by Crippen LogP contribution is 2.24. The molecule has 29 heavy (non-hydrogen) atoms. The van der Waals surface area contributed by atoms with E-state index in [2.05, 4.69) is 34.3 Å². The molecule has 0 aromatic heterocycles. The Balaban J connectivity index is 1.41. The van der Waals surface area contributed by atoms with E-state index in [4.69, 9.17) is 0 Å². The quantitative estimate of drug-likeness (QED) is 0.807. The lowest BCUT2D eigenvalue weighted by molar-refractivity contribution is -0.126. The monoisotopic (exact) mass is 390 g/mol. The van der Waals surface area contributed by atoms with Gasteiger partial charge in [0.2, 0.25) is 5.91 Å². The maximum absolute atomic E-state index is 13.0. The summed E-state index contributed by atoms with van der Waals surface area (Å²) in [7, 11) is 0. The first-order chi connectivity index (χ1) is 14.1. The van der Waals surface area contributed by atoms with Crippen molar-refractivity contribution in [3.05, 3.63) is 65.7 Å². The average Bonchev–Trinajstić information content (AvgIpc) is 2.75. The molecule has 4 rings (SSSR count). The molecule has 2 aliphatic rings. The summed E-state index contributed by atoms with van der Waals surface area (Å²) in [5.74, 6) is -0.112. The van der Waals surface area contributed by atoms with Crippen LogP contribution in [0.4, 0.5) is 5.69 Å². The number of hydrogen-bond acceptors (Lipinski definition) is 4. The van der Waals surface area contributed by atoms with Gasteiger partial charge in [-0.05, 0) is 24.1 Å². The smallest absolute Gasteiger partial charge is 0.270 e. The molecule has 2 aliphatic heterocycles. The van der Waals surface area contributed by atoms with Crippen LogP contribution >= 0.6 is 0 Å². The second kappa shape index (κ2) is 8.57. The minimum absolute atomic E-state index is 0.0459. The molecule has 0 N–H and O–H groups in total. The van der Waals surface area contributed by atoms with Crippen molar-refractivity contribution in [3.8, 4) is 0 Å². The molecule has 0 bridgehead atoms. The Kier molecular flexibility index (Phi) is 5.71. The predicted molar refractivity (Wildman–Crippen MR) is 114 cm³/mol. The topological polar surface area (TPSA) is 56.2 Å². The number of carbonyl (C=O) groups is 2. The Morgan fingerprint density at radius 1 is 0.931 bits per heavy atom. The Morgan fingerprint density at radius 3 is 2.34 bits per heavy atom. The molecule has 0 saturated carbocycles. The minimum Gasteiger partial charge on any atom is -0.335 e. The molecule has 0 atom stereocenters. The van der Waals surface area contributed by atoms with E-state index in [-0.39, 0.29) is 11.8 Å². The lowest BCUT2D eigenvalue weighted by Gasteiger charge is -2.35. The number of anilines is 1. The van der Waals surface area contributed by atoms with Gasteiger partial charge in [0.05, 0.1) is 5.69 Å². The van der Waals surface area contributed by atoms with Crippen molar-refractivity contribution in [1.82, 2.24) is 9.80 Å². The van der Waals surface area contributed by atoms with Gasteiger partial charge in [-0.15, -0.1) is 0 Å². The Hall–Kier alpha value is -2.99. The Bertz CT molecular complexity index is 917. The van der Waals surface area contributed by atoms with E-state index < -0.39 is 0 Å². The van der Waals surface area contributed by atoms with Gasteiger partial charge in [-0.2, -0.15) is 5.10 Å². The van der Waals surface area contributed by atoms with Crippen LogP contribution < -0.4 is 5.01 Å². The summed E-state index contributed by atoms with van der Waals surface area (Å²) in [5.41, 5.74) is 3.48. The molecule has 6 nitrogen and oxygen atoms in total. The maximum atomic E-state index is 13.0. The Labute approximate surface area is 171 Å². The van der Waals surface area contributed by atoms with Gasteiger partial charge in [0.1, 0.15) is 5.71 Å². The molecule has 0 spiro atoms. The third-order valence-corrected chi connectivity index (χ3v) is 5.53. The zero-order chi connectivity index (χ0) is 20.2. The van der Waals surface area contributed by atoms with Crippen molar-refractivity contribution in [2.75, 3.05) is 31.2 Å². The first-order valence-electron chi connectivity index (χ1n) is 10.1. The summed E-state index contributed by atoms with van der Waals surface area (Å²) in [6, 6.07) is 18.0. The maximum Gasteiger partial charge on any atom is 0.270 e. The van der Waals surface area contributed by atoms with Gasteiger partial charge in [-0.3, -0.25) is 14.5 Å². The zero-order valence-electron chi connectivity index (χ0n) is 16.8. The van der Waals surface area contributed by atoms with Crippen LogP contribution in [-0.4, -0.2) is 53.5 Å². The number of para-hydroxylation sites is 1. The van der Waals surface area contributed by atoms with E-state index in [1.54, 1.807) is 0 Å². The van der Waals surface area contributed by atoms with Gasteiger partial charge in [0.25, 0.3) is 5.91 Å². The lowest BCUT2D eigenvalue weighted by Crippen LogP contribution is -2.51. The van der Waals surface area contributed by atoms with Crippen molar-refractivity contribution in [2.24, 2.45) is 5.10 Å². The number of amides is 2. The summed E-state index contributed by atoms with van der Waals surface area (Å²) in [6.45, 7) is 5.90. The fourth-order valence-electron chi connectivity index (χ4n) is 3.83. The number of aryl methyl sites for hydroxylation is 1. The summed E-state index contributed by atoms with van der Waals surface area (Å²) in [5, 5.41) is 5.85. The molecular formula is C23H26N4O2. The van der Waals surface area contributed by atoms with Crippen molar-refractivity contribution in [2.45, 2.75) is 26.3 Å². The number of rotatable bonds is 4. The van der Waals surface area contributed by atoms with Crippen molar-refractivity contribution in [1.29, 1.82) is 0 Å². The van der Waals surface area contributed by atoms with E-state index in [9.17, 15) is 9.59 Å². The second-order valence-electron chi connectivity index (χ2n) is 7.59. The first-order valence-corrected chi connectivity index (χ1v) is 10.1. The largest absolute Gasteiger partial charge is 0.335 e. The van der Waals surface area contributed by atoms with Crippen LogP contribution in [0.15, 0.2) is 59.7 Å². The summed E-state index contributed by atoms with van der Waals surface area (Å²) >= 11 is 0. The molecule has 1 saturated heterocycles. The van der Waals surface area contributed by atoms with Crippen LogP contribution in [-0.2, 0) is 16.1 Å². The standard InChI is InChI=1S/C23H26N4O2/c1-18-7-5-6-10-21(18)27-22(28)12-11-20(24-27)23(29)26-15-13-25(14-16-26)17-19-8-3-2-4-9-19/h2-10H,11-17H2,1H3. The number of nitrogens with zero attached hydrogens (tertiary/aromatic N) is 4. The van der Waals surface area contributed by atoms with Gasteiger partial charge < -0.3 is 4.90 Å². The van der Waals surface area contributed by atoms with Crippen molar-refractivity contribution < 1.29 is 9.59 Å². The van der Waals surface area contributed by atoms with Gasteiger partial charge >= 0.3 is 0 Å². The van der Waals surface area contributed by atoms with E-state index in [0.29, 0.717) is 31.6 Å². The molecule has 150 valence electrons. The minimum atomic E-state index is -0.0662. The third-order valence-electron chi connectivity index (χ3n) is 5.53. The van der Waals surface area contributed by atoms with Crippen LogP contribution in [0.1, 0.15) is 24.0 Å². The van der Waals surface area contributed by atoms with Gasteiger partial charge in [0.15, 0.2) is 0 Å². The van der Waals surface area contributed by atoms with Crippen LogP contribution in [0, 0.1) is 6.92 Å². The van der Waals surface area contributed by atoms with Crippen LogP contribution in [0.5, 0.6) is 0 Å². The van der Waals surface area contributed by atoms with E-state index >= 15 is 0 Å². The van der Waals surface area contributed by atoms with Gasteiger partial charge in [0, 0.05) is 45.6 Å². The molecule has 0 radical (unpaired) electrons. The van der Waals surface area contributed by atoms with Crippen LogP contribution in [0.2, 0.25) is 0 Å². The molecular weight excluding hydrogens is 364 g/mol. The highest BCUT2D eigenvalue weighted by Gasteiger charge is 2.30. The molecule has 1 fully saturated rings. The summed E-state index contributed by atoms with van der Waals surface area (Å²) < 4.78 is 0. The second-order valence-corrected chi connectivity index (χ2v) is 7.59. The van der Waals surface area contributed by atoms with Crippen molar-refractivity contribution >= 4 is 23.2 Å². The van der Waals surface area contributed by atoms with Crippen LogP contribution in [0.3, 0.4) is 0 Å². The number of piperazine rings is 1. The molecule has 2 aromatic rings. The van der Waals surface area contributed by atoms with E-state index in [0.717, 1.165) is 30.9 Å². The van der Waals surface area contributed by atoms with Gasteiger partial charge in [-0.1, -0.05) is 48.5 Å². The average molecular weight is 390 g/mol. The number of hydrogen-bond donors (Lipinski definition) is 0. The Morgan fingerprint density at radius 2 is 1.62 bits per heavy atom. The summed E-state index contributed by atoms with van der Waals surface area (Å²) in [6.07, 6.45) is 0.719. The van der Waals surface area contributed by atoms with Crippen LogP contribution in [0.25, 0.3) is 0 Å². The molecule has 2 amide bonds. The fraction of sp³-hybridized carbons (Fsp3) is 0.348. The van der Waals surface area contributed by atoms with E-state index in [1.807, 2.05) is 42.2 Å². The summed E-state index contributed by atoms with van der Waals surface area (Å²) in [4.78, 5) is 29.7. The molecule has 0 aliphatic carbocycles. The van der Waals surface area contributed by atoms with E-state index in [1.165, 1.54) is 10.6 Å². The number of carbonyl (C=O) groups excluding carboxylic acids is 2. The fourth-order valence-corrected chi connectivity index (χ4v) is 3.83. The molecule has 2 heterocycles. The molecule has 6 heteroatoms. The zero-order valence-corrected chi connectivity index (χ0v) is 16.8. The van der Waals surface area contributed by atoms with Gasteiger partial charge in [-0.25, -0.2) is 5.01 Å². The normalized spacial score (nSPS) is 18.0. The predicted octanol–water partition coefficient (Wildman–Crippen LogP) is 2.82. The highest BCUT2D eigenvalue weighted by atomic mass is 16.2. The SMILES string of the molecule is Cc1ccccc1N1N=C(C(=O)N2CCN(Cc3ccccc3)CC2)CCC1=O. The lowest BCUT2D eigenvalue weighted by atomic mass is 10.1. The number of benzene rings is 2. The first kappa shape index (κ1) is 19.3.